The van der Waals surface area contributed by atoms with E-state index in [4.69, 9.17) is 0 Å². The van der Waals surface area contributed by atoms with Crippen molar-refractivity contribution < 1.29 is 0 Å². The second-order valence-corrected chi connectivity index (χ2v) is 18.0. The minimum atomic E-state index is 0.732. The van der Waals surface area contributed by atoms with Crippen LogP contribution in [0.3, 0.4) is 0 Å². The Morgan fingerprint density at radius 2 is 1.06 bits per heavy atom. The van der Waals surface area contributed by atoms with Gasteiger partial charge in [0.25, 0.3) is 0 Å². The highest BCUT2D eigenvalue weighted by Crippen LogP contribution is 2.41. The number of aryl methyl sites for hydroxylation is 1. The van der Waals surface area contributed by atoms with Gasteiger partial charge in [0.15, 0.2) is 0 Å². The van der Waals surface area contributed by atoms with E-state index < -0.39 is 0 Å². The van der Waals surface area contributed by atoms with Gasteiger partial charge < -0.3 is 9.47 Å². The van der Waals surface area contributed by atoms with Gasteiger partial charge in [-0.2, -0.15) is 0 Å². The molecule has 0 radical (unpaired) electrons. The summed E-state index contributed by atoms with van der Waals surface area (Å²) in [5.74, 6) is 1.48. The first-order valence-corrected chi connectivity index (χ1v) is 23.0. The maximum atomic E-state index is 4.36. The lowest BCUT2D eigenvalue weighted by Gasteiger charge is -2.28. The highest BCUT2D eigenvalue weighted by Gasteiger charge is 2.22. The molecule has 1 aliphatic carbocycles. The number of nitrogens with zero attached hydrogens (tertiary/aromatic N) is 2. The van der Waals surface area contributed by atoms with Crippen molar-refractivity contribution in [3.05, 3.63) is 230 Å². The molecule has 2 atom stereocenters. The van der Waals surface area contributed by atoms with Gasteiger partial charge >= 0.3 is 0 Å². The second-order valence-electron chi connectivity index (χ2n) is 18.0. The van der Waals surface area contributed by atoms with Crippen LogP contribution >= 0.6 is 0 Å². The first-order chi connectivity index (χ1) is 31.5. The van der Waals surface area contributed by atoms with Crippen molar-refractivity contribution in [1.82, 2.24) is 4.57 Å². The minimum absolute atomic E-state index is 0.732. The van der Waals surface area contributed by atoms with Gasteiger partial charge in [0.1, 0.15) is 0 Å². The lowest BCUT2D eigenvalue weighted by Crippen LogP contribution is -2.15. The molecule has 0 spiro atoms. The molecule has 11 rings (SSSR count). The summed E-state index contributed by atoms with van der Waals surface area (Å²) in [7, 11) is 0. The third-order valence-electron chi connectivity index (χ3n) is 13.6. The van der Waals surface area contributed by atoms with E-state index in [0.29, 0.717) is 0 Å². The van der Waals surface area contributed by atoms with Gasteiger partial charge in [-0.05, 0) is 154 Å². The van der Waals surface area contributed by atoms with E-state index in [-0.39, 0.29) is 0 Å². The standard InChI is InChI=1S/C62H52N2/c1-43-39-44(2)41-46(40-43)26-25-45-27-33-52(34-28-45)63(53-37-31-49(32-38-53)57-22-12-16-50-15-11-21-56(62(50)57)48-13-4-3-5-14-48)55-18-10-17-51(42-55)47-29-35-54(36-30-47)64-60-23-8-6-19-58(60)59-20-7-9-24-61(59)64/h3-24,27-38,42,44,46H,1,25-26,39-41H2,2H3. The molecule has 0 N–H and O–H groups in total. The summed E-state index contributed by atoms with van der Waals surface area (Å²) in [6, 6.07) is 78.0. The van der Waals surface area contributed by atoms with Crippen LogP contribution in [0.1, 0.15) is 38.2 Å². The molecule has 1 heterocycles. The Labute approximate surface area is 377 Å². The van der Waals surface area contributed by atoms with Crippen LogP contribution < -0.4 is 4.90 Å². The zero-order valence-corrected chi connectivity index (χ0v) is 36.5. The number of para-hydroxylation sites is 2. The number of fused-ring (bicyclic) bond motifs is 4. The predicted molar refractivity (Wildman–Crippen MR) is 273 cm³/mol. The van der Waals surface area contributed by atoms with Crippen molar-refractivity contribution in [2.24, 2.45) is 11.8 Å². The van der Waals surface area contributed by atoms with Crippen LogP contribution in [0.4, 0.5) is 17.1 Å². The maximum Gasteiger partial charge on any atom is 0.0541 e. The molecule has 0 saturated heterocycles. The second kappa shape index (κ2) is 17.0. The quantitative estimate of drug-likeness (QED) is 0.125. The molecule has 0 aliphatic heterocycles. The average Bonchev–Trinajstić information content (AvgIpc) is 3.68. The molecule has 64 heavy (non-hydrogen) atoms. The van der Waals surface area contributed by atoms with Gasteiger partial charge in [0, 0.05) is 33.5 Å². The monoisotopic (exact) mass is 824 g/mol. The largest absolute Gasteiger partial charge is 0.310 e. The zero-order chi connectivity index (χ0) is 43.0. The van der Waals surface area contributed by atoms with E-state index in [1.165, 1.54) is 103 Å². The maximum absolute atomic E-state index is 4.36. The highest BCUT2D eigenvalue weighted by molar-refractivity contribution is 6.09. The first kappa shape index (κ1) is 39.4. The summed E-state index contributed by atoms with van der Waals surface area (Å²) >= 11 is 0. The predicted octanol–water partition coefficient (Wildman–Crippen LogP) is 17.3. The van der Waals surface area contributed by atoms with E-state index >= 15 is 0 Å². The van der Waals surface area contributed by atoms with Crippen LogP contribution in [0.2, 0.25) is 0 Å². The van der Waals surface area contributed by atoms with Gasteiger partial charge in [-0.3, -0.25) is 0 Å². The smallest absolute Gasteiger partial charge is 0.0541 e. The molecule has 310 valence electrons. The highest BCUT2D eigenvalue weighted by atomic mass is 15.1. The molecule has 1 saturated carbocycles. The van der Waals surface area contributed by atoms with Crippen LogP contribution in [0.15, 0.2) is 224 Å². The fourth-order valence-electron chi connectivity index (χ4n) is 10.6. The lowest BCUT2D eigenvalue weighted by molar-refractivity contribution is 0.321. The van der Waals surface area contributed by atoms with Crippen LogP contribution in [0.25, 0.3) is 71.6 Å². The number of anilines is 3. The molecule has 9 aromatic carbocycles. The Morgan fingerprint density at radius 3 is 1.72 bits per heavy atom. The first-order valence-electron chi connectivity index (χ1n) is 23.0. The van der Waals surface area contributed by atoms with E-state index in [2.05, 4.69) is 235 Å². The summed E-state index contributed by atoms with van der Waals surface area (Å²) in [5.41, 5.74) is 17.1. The SMILES string of the molecule is C=C1CC(C)CC(CCc2ccc(N(c3ccc(-c4cccc5cccc(-c6ccccc6)c45)cc3)c3cccc(-c4ccc(-n5c6ccccc6c6ccccc65)cc4)c3)cc2)C1. The number of benzene rings is 9. The minimum Gasteiger partial charge on any atom is -0.310 e. The molecule has 2 unspecified atom stereocenters. The Morgan fingerprint density at radius 1 is 0.500 bits per heavy atom. The van der Waals surface area contributed by atoms with E-state index in [9.17, 15) is 0 Å². The van der Waals surface area contributed by atoms with Gasteiger partial charge in [-0.1, -0.05) is 171 Å². The van der Waals surface area contributed by atoms with Crippen LogP contribution in [0.5, 0.6) is 0 Å². The third kappa shape index (κ3) is 7.60. The summed E-state index contributed by atoms with van der Waals surface area (Å²) in [5, 5.41) is 5.07. The van der Waals surface area contributed by atoms with Gasteiger partial charge in [-0.25, -0.2) is 0 Å². The summed E-state index contributed by atoms with van der Waals surface area (Å²) in [4.78, 5) is 2.41. The fraction of sp³-hybridized carbons (Fsp3) is 0.129. The fourth-order valence-corrected chi connectivity index (χ4v) is 10.6. The Balaban J connectivity index is 0.949. The molecule has 1 aromatic heterocycles. The molecule has 10 aromatic rings. The molecule has 1 aliphatic rings. The number of allylic oxidation sites excluding steroid dienone is 1. The lowest BCUT2D eigenvalue weighted by atomic mass is 9.77. The van der Waals surface area contributed by atoms with Crippen LogP contribution in [-0.4, -0.2) is 4.57 Å². The van der Waals surface area contributed by atoms with Crippen molar-refractivity contribution in [3.8, 4) is 39.1 Å². The van der Waals surface area contributed by atoms with E-state index in [0.717, 1.165) is 41.0 Å². The van der Waals surface area contributed by atoms with Gasteiger partial charge in [-0.15, -0.1) is 0 Å². The van der Waals surface area contributed by atoms with Crippen molar-refractivity contribution in [1.29, 1.82) is 0 Å². The number of hydrogen-bond donors (Lipinski definition) is 0. The molecule has 0 amide bonds. The third-order valence-corrected chi connectivity index (χ3v) is 13.6. The van der Waals surface area contributed by atoms with Crippen molar-refractivity contribution in [2.45, 2.75) is 39.0 Å². The normalized spacial score (nSPS) is 15.2. The summed E-state index contributed by atoms with van der Waals surface area (Å²) in [6.45, 7) is 6.75. The molecule has 0 bridgehead atoms. The van der Waals surface area contributed by atoms with Crippen molar-refractivity contribution in [2.75, 3.05) is 4.90 Å². The van der Waals surface area contributed by atoms with E-state index in [1.807, 2.05) is 0 Å². The van der Waals surface area contributed by atoms with Crippen molar-refractivity contribution >= 4 is 49.6 Å². The Bertz CT molecular complexity index is 3210. The average molecular weight is 825 g/mol. The topological polar surface area (TPSA) is 8.17 Å². The molecule has 1 fully saturated rings. The molecular formula is C62H52N2. The molecular weight excluding hydrogens is 773 g/mol. The van der Waals surface area contributed by atoms with E-state index in [1.54, 1.807) is 0 Å². The number of rotatable bonds is 10. The van der Waals surface area contributed by atoms with Crippen LogP contribution in [-0.2, 0) is 6.42 Å². The Hall–Kier alpha value is -7.42. The molecule has 2 nitrogen and oxygen atoms in total. The van der Waals surface area contributed by atoms with Crippen LogP contribution in [0, 0.1) is 11.8 Å². The van der Waals surface area contributed by atoms with Gasteiger partial charge in [0.05, 0.1) is 11.0 Å². The van der Waals surface area contributed by atoms with Gasteiger partial charge in [0.2, 0.25) is 0 Å². The summed E-state index contributed by atoms with van der Waals surface area (Å²) < 4.78 is 2.38. The number of aromatic nitrogens is 1. The Kier molecular flexibility index (Phi) is 10.5. The number of hydrogen-bond acceptors (Lipinski definition) is 1. The zero-order valence-electron chi connectivity index (χ0n) is 36.5. The van der Waals surface area contributed by atoms with Crippen molar-refractivity contribution in [3.63, 3.8) is 0 Å². The molecule has 2 heteroatoms. The summed E-state index contributed by atoms with van der Waals surface area (Å²) in [6.07, 6.45) is 5.99.